The van der Waals surface area contributed by atoms with E-state index in [1.165, 1.54) is 25.3 Å². The van der Waals surface area contributed by atoms with Gasteiger partial charge in [-0.1, -0.05) is 32.4 Å². The van der Waals surface area contributed by atoms with Gasteiger partial charge in [0, 0.05) is 23.1 Å². The molecule has 0 bridgehead atoms. The monoisotopic (exact) mass is 553 g/mol. The summed E-state index contributed by atoms with van der Waals surface area (Å²) in [6, 6.07) is 9.21. The Kier molecular flexibility index (Phi) is 7.80. The molecule has 0 amide bonds. The van der Waals surface area contributed by atoms with E-state index in [-0.39, 0.29) is 53.0 Å². The molecule has 2 saturated carbocycles. The first-order valence-electron chi connectivity index (χ1n) is 13.7. The van der Waals surface area contributed by atoms with Crippen molar-refractivity contribution < 1.29 is 32.5 Å². The first kappa shape index (κ1) is 28.0. The fourth-order valence-corrected chi connectivity index (χ4v) is 6.21. The summed E-state index contributed by atoms with van der Waals surface area (Å²) >= 11 is 0. The molecule has 3 aromatic rings. The van der Waals surface area contributed by atoms with Crippen LogP contribution in [0.15, 0.2) is 42.6 Å². The molecule has 5 nitrogen and oxygen atoms in total. The van der Waals surface area contributed by atoms with Crippen LogP contribution in [0.2, 0.25) is 0 Å². The van der Waals surface area contributed by atoms with Gasteiger partial charge in [-0.05, 0) is 77.8 Å². The molecule has 5 rings (SSSR count). The number of nitrogens with zero attached hydrogens (tertiary/aromatic N) is 1. The van der Waals surface area contributed by atoms with Crippen molar-refractivity contribution in [1.82, 2.24) is 4.98 Å². The topological polar surface area (TPSA) is 68.7 Å². The standard InChI is InChI=1S/C32H34F3NO4/c1-32(2)11-5-7-25(32)23-12-19(26(33)13-22(23)24-14-29(39-3)36-16-27(24)34)17-40-28-8-4-6-20(31(28)35)21(15-30(37)38)18-9-10-18/h4,6,8,12-14,16,18,21,25H,5,7,9-11,15,17H2,1-3H3,(H,37,38)/t21-,25-/m0/s1. The van der Waals surface area contributed by atoms with E-state index in [0.717, 1.165) is 43.9 Å². The first-order valence-corrected chi connectivity index (χ1v) is 13.7. The highest BCUT2D eigenvalue weighted by Crippen LogP contribution is 2.52. The van der Waals surface area contributed by atoms with Crippen molar-refractivity contribution in [2.45, 2.75) is 70.8 Å². The minimum absolute atomic E-state index is 0.0512. The highest BCUT2D eigenvalue weighted by Gasteiger charge is 2.38. The highest BCUT2D eigenvalue weighted by atomic mass is 19.1. The second kappa shape index (κ2) is 11.1. The van der Waals surface area contributed by atoms with Gasteiger partial charge in [-0.25, -0.2) is 18.2 Å². The molecule has 212 valence electrons. The molecular formula is C32H34F3NO4. The van der Waals surface area contributed by atoms with Gasteiger partial charge in [0.1, 0.15) is 18.2 Å². The average molecular weight is 554 g/mol. The predicted octanol–water partition coefficient (Wildman–Crippen LogP) is 8.02. The van der Waals surface area contributed by atoms with Crippen molar-refractivity contribution in [2.24, 2.45) is 11.3 Å². The van der Waals surface area contributed by atoms with Crippen LogP contribution in [0.3, 0.4) is 0 Å². The van der Waals surface area contributed by atoms with Crippen molar-refractivity contribution >= 4 is 5.97 Å². The van der Waals surface area contributed by atoms with Gasteiger partial charge in [-0.3, -0.25) is 4.79 Å². The third-order valence-corrected chi connectivity index (χ3v) is 8.54. The number of hydrogen-bond acceptors (Lipinski definition) is 4. The molecular weight excluding hydrogens is 519 g/mol. The molecule has 2 atom stereocenters. The number of carboxylic acids is 1. The van der Waals surface area contributed by atoms with Gasteiger partial charge in [0.25, 0.3) is 0 Å². The van der Waals surface area contributed by atoms with Gasteiger partial charge in [-0.15, -0.1) is 0 Å². The van der Waals surface area contributed by atoms with Crippen LogP contribution in [0.5, 0.6) is 11.6 Å². The lowest BCUT2D eigenvalue weighted by Gasteiger charge is -2.30. The Balaban J connectivity index is 1.50. The molecule has 2 aliphatic rings. The van der Waals surface area contributed by atoms with Crippen molar-refractivity contribution in [2.75, 3.05) is 7.11 Å². The van der Waals surface area contributed by atoms with E-state index in [2.05, 4.69) is 18.8 Å². The molecule has 1 N–H and O–H groups in total. The Morgan fingerprint density at radius 2 is 1.88 bits per heavy atom. The van der Waals surface area contributed by atoms with Crippen LogP contribution < -0.4 is 9.47 Å². The zero-order chi connectivity index (χ0) is 28.6. The number of rotatable bonds is 10. The van der Waals surface area contributed by atoms with Gasteiger partial charge in [-0.2, -0.15) is 0 Å². The number of methoxy groups -OCH3 is 1. The summed E-state index contributed by atoms with van der Waals surface area (Å²) in [5.74, 6) is -2.83. The third-order valence-electron chi connectivity index (χ3n) is 8.54. The lowest BCUT2D eigenvalue weighted by atomic mass is 9.75. The predicted molar refractivity (Wildman–Crippen MR) is 145 cm³/mol. The summed E-state index contributed by atoms with van der Waals surface area (Å²) in [5, 5.41) is 9.34. The quantitative estimate of drug-likeness (QED) is 0.275. The van der Waals surface area contributed by atoms with Crippen molar-refractivity contribution in [1.29, 1.82) is 0 Å². The summed E-state index contributed by atoms with van der Waals surface area (Å²) in [4.78, 5) is 15.3. The van der Waals surface area contributed by atoms with Crippen LogP contribution in [0.25, 0.3) is 11.1 Å². The van der Waals surface area contributed by atoms with Crippen LogP contribution in [-0.2, 0) is 11.4 Å². The first-order chi connectivity index (χ1) is 19.1. The molecule has 0 radical (unpaired) electrons. The summed E-state index contributed by atoms with van der Waals surface area (Å²) in [5.41, 5.74) is 1.92. The summed E-state index contributed by atoms with van der Waals surface area (Å²) in [7, 11) is 1.44. The molecule has 0 aliphatic heterocycles. The van der Waals surface area contributed by atoms with Crippen LogP contribution in [0.1, 0.15) is 80.9 Å². The number of carbonyl (C=O) groups is 1. The van der Waals surface area contributed by atoms with E-state index < -0.39 is 29.3 Å². The van der Waals surface area contributed by atoms with E-state index in [0.29, 0.717) is 11.1 Å². The van der Waals surface area contributed by atoms with Gasteiger partial charge in [0.05, 0.1) is 19.7 Å². The normalized spacial score (nSPS) is 18.9. The number of hydrogen-bond donors (Lipinski definition) is 1. The number of benzene rings is 2. The minimum atomic E-state index is -0.976. The van der Waals surface area contributed by atoms with Crippen molar-refractivity contribution in [3.8, 4) is 22.8 Å². The van der Waals surface area contributed by atoms with E-state index in [9.17, 15) is 14.3 Å². The highest BCUT2D eigenvalue weighted by molar-refractivity contribution is 5.70. The zero-order valence-electron chi connectivity index (χ0n) is 23.0. The SMILES string of the molecule is COc1cc(-c2cc(F)c(COc3cccc([C@@H](CC(=O)O)C4CC4)c3F)cc2[C@@H]2CCCC2(C)C)c(F)cn1. The van der Waals surface area contributed by atoms with E-state index in [1.807, 2.05) is 0 Å². The van der Waals surface area contributed by atoms with Gasteiger partial charge >= 0.3 is 5.97 Å². The largest absolute Gasteiger partial charge is 0.486 e. The molecule has 2 aliphatic carbocycles. The number of pyridine rings is 1. The molecule has 2 fully saturated rings. The molecule has 1 heterocycles. The molecule has 2 aromatic carbocycles. The maximum absolute atomic E-state index is 15.6. The summed E-state index contributed by atoms with van der Waals surface area (Å²) in [6.45, 7) is 4.08. The second-order valence-corrected chi connectivity index (χ2v) is 11.7. The molecule has 1 aromatic heterocycles. The molecule has 0 unspecified atom stereocenters. The van der Waals surface area contributed by atoms with Crippen LogP contribution in [0, 0.1) is 28.8 Å². The van der Waals surface area contributed by atoms with Crippen LogP contribution >= 0.6 is 0 Å². The maximum Gasteiger partial charge on any atom is 0.303 e. The lowest BCUT2D eigenvalue weighted by molar-refractivity contribution is -0.137. The Hall–Kier alpha value is -3.55. The number of carboxylic acid groups (broad SMARTS) is 1. The third kappa shape index (κ3) is 5.67. The molecule has 40 heavy (non-hydrogen) atoms. The van der Waals surface area contributed by atoms with E-state index in [1.54, 1.807) is 18.2 Å². The molecule has 0 saturated heterocycles. The fraction of sp³-hybridized carbons (Fsp3) is 0.438. The number of ether oxygens (including phenoxy) is 2. The lowest BCUT2D eigenvalue weighted by Crippen LogP contribution is -2.17. The maximum atomic E-state index is 15.6. The fourth-order valence-electron chi connectivity index (χ4n) is 6.21. The Morgan fingerprint density at radius 3 is 2.52 bits per heavy atom. The van der Waals surface area contributed by atoms with E-state index >= 15 is 8.78 Å². The molecule has 0 spiro atoms. The zero-order valence-corrected chi connectivity index (χ0v) is 23.0. The summed E-state index contributed by atoms with van der Waals surface area (Å²) < 4.78 is 57.1. The van der Waals surface area contributed by atoms with Crippen molar-refractivity contribution in [3.63, 3.8) is 0 Å². The minimum Gasteiger partial charge on any atom is -0.486 e. The van der Waals surface area contributed by atoms with E-state index in [4.69, 9.17) is 9.47 Å². The smallest absolute Gasteiger partial charge is 0.303 e. The Labute approximate surface area is 232 Å². The van der Waals surface area contributed by atoms with Crippen LogP contribution in [-0.4, -0.2) is 23.2 Å². The van der Waals surface area contributed by atoms with Gasteiger partial charge in [0.2, 0.25) is 5.88 Å². The van der Waals surface area contributed by atoms with Gasteiger partial charge in [0.15, 0.2) is 11.6 Å². The second-order valence-electron chi connectivity index (χ2n) is 11.7. The number of halogens is 3. The van der Waals surface area contributed by atoms with Gasteiger partial charge < -0.3 is 14.6 Å². The molecule has 8 heteroatoms. The number of aliphatic carboxylic acids is 1. The average Bonchev–Trinajstić information content (AvgIpc) is 3.70. The Bertz CT molecular complexity index is 1420. The van der Waals surface area contributed by atoms with Crippen molar-refractivity contribution in [3.05, 3.63) is 76.7 Å². The summed E-state index contributed by atoms with van der Waals surface area (Å²) in [6.07, 6.45) is 5.50. The Morgan fingerprint density at radius 1 is 1.10 bits per heavy atom. The number of aromatic nitrogens is 1. The van der Waals surface area contributed by atoms with Crippen LogP contribution in [0.4, 0.5) is 13.2 Å².